The first kappa shape index (κ1) is 15.0. The fourth-order valence-corrected chi connectivity index (χ4v) is 1.73. The zero-order chi connectivity index (χ0) is 14.3. The van der Waals surface area contributed by atoms with Gasteiger partial charge in [0.25, 0.3) is 0 Å². The number of carbonyl (C=O) groups is 2. The average molecular weight is 322 g/mol. The van der Waals surface area contributed by atoms with E-state index in [0.717, 1.165) is 10.0 Å². The van der Waals surface area contributed by atoms with Crippen molar-refractivity contribution in [1.82, 2.24) is 5.32 Å². The maximum absolute atomic E-state index is 11.6. The van der Waals surface area contributed by atoms with Crippen LogP contribution in [0.25, 0.3) is 6.08 Å². The molecule has 1 unspecified atom stereocenters. The molecule has 0 aliphatic rings. The lowest BCUT2D eigenvalue weighted by Gasteiger charge is -2.09. The number of nitrogens with one attached hydrogen (secondary N) is 1. The van der Waals surface area contributed by atoms with Gasteiger partial charge in [-0.3, -0.25) is 4.79 Å². The fourth-order valence-electron chi connectivity index (χ4n) is 1.31. The van der Waals surface area contributed by atoms with Crippen molar-refractivity contribution in [2.24, 2.45) is 0 Å². The molecule has 2 N–H and O–H groups in total. The van der Waals surface area contributed by atoms with Gasteiger partial charge < -0.3 is 10.4 Å². The molecule has 4 nitrogen and oxygen atoms in total. The van der Waals surface area contributed by atoms with E-state index in [-0.39, 0.29) is 6.42 Å². The molecule has 0 radical (unpaired) electrons. The minimum Gasteiger partial charge on any atom is -0.480 e. The molecule has 0 fully saturated rings. The lowest BCUT2D eigenvalue weighted by molar-refractivity contribution is -0.141. The summed E-state index contributed by atoms with van der Waals surface area (Å²) in [6, 6.07) is 6.29. The van der Waals surface area contributed by atoms with E-state index in [2.05, 4.69) is 27.2 Å². The Bertz CT molecular complexity index is 546. The summed E-state index contributed by atoms with van der Waals surface area (Å²) in [4.78, 5) is 22.4. The summed E-state index contributed by atoms with van der Waals surface area (Å²) in [5.74, 6) is 0.557. The minimum absolute atomic E-state index is 0.0516. The maximum atomic E-state index is 11.6. The Hall–Kier alpha value is -2.06. The predicted octanol–water partition coefficient (Wildman–Crippen LogP) is 2.05. The first-order chi connectivity index (χ1) is 9.04. The normalized spacial score (nSPS) is 11.8. The molecule has 0 aliphatic carbocycles. The molecule has 1 rings (SSSR count). The van der Waals surface area contributed by atoms with Gasteiger partial charge in [0.2, 0.25) is 5.91 Å². The van der Waals surface area contributed by atoms with Gasteiger partial charge in [-0.25, -0.2) is 4.79 Å². The number of amides is 1. The molecule has 0 bridgehead atoms. The fraction of sp³-hybridized carbons (Fsp3) is 0.143. The molecule has 1 atom stereocenters. The molecular weight excluding hydrogens is 310 g/mol. The molecule has 98 valence electrons. The van der Waals surface area contributed by atoms with E-state index in [0.29, 0.717) is 0 Å². The van der Waals surface area contributed by atoms with Crippen LogP contribution in [0.15, 0.2) is 34.8 Å². The van der Waals surface area contributed by atoms with Crippen LogP contribution in [0.2, 0.25) is 0 Å². The minimum atomic E-state index is -1.15. The van der Waals surface area contributed by atoms with Gasteiger partial charge in [0.05, 0.1) is 0 Å². The maximum Gasteiger partial charge on any atom is 0.327 e. The SMILES string of the molecule is C#CCC(NC(=O)/C=C/c1ccccc1Br)C(=O)O. The Kier molecular flexibility index (Phi) is 5.83. The number of benzene rings is 1. The van der Waals surface area contributed by atoms with Crippen molar-refractivity contribution in [3.8, 4) is 12.3 Å². The Balaban J connectivity index is 2.68. The Morgan fingerprint density at radius 1 is 1.47 bits per heavy atom. The van der Waals surface area contributed by atoms with Crippen LogP contribution in [0.4, 0.5) is 0 Å². The number of carbonyl (C=O) groups excluding carboxylic acids is 1. The zero-order valence-electron chi connectivity index (χ0n) is 9.97. The second-order valence-corrected chi connectivity index (χ2v) is 4.52. The van der Waals surface area contributed by atoms with E-state index < -0.39 is 17.9 Å². The number of terminal acetylenes is 1. The topological polar surface area (TPSA) is 66.4 Å². The standard InChI is InChI=1S/C14H12BrNO3/c1-2-5-12(14(18)19)16-13(17)9-8-10-6-3-4-7-11(10)15/h1,3-4,6-9,12H,5H2,(H,16,17)(H,18,19)/b9-8+. The second kappa shape index (κ2) is 7.39. The number of halogens is 1. The predicted molar refractivity (Wildman–Crippen MR) is 76.2 cm³/mol. The van der Waals surface area contributed by atoms with E-state index in [1.807, 2.05) is 24.3 Å². The van der Waals surface area contributed by atoms with Gasteiger partial charge in [-0.05, 0) is 17.7 Å². The summed E-state index contributed by atoms with van der Waals surface area (Å²) in [7, 11) is 0. The lowest BCUT2D eigenvalue weighted by Crippen LogP contribution is -2.39. The second-order valence-electron chi connectivity index (χ2n) is 3.66. The van der Waals surface area contributed by atoms with Crippen molar-refractivity contribution in [1.29, 1.82) is 0 Å². The summed E-state index contributed by atoms with van der Waals surface area (Å²) < 4.78 is 0.845. The van der Waals surface area contributed by atoms with Crippen LogP contribution in [0.1, 0.15) is 12.0 Å². The monoisotopic (exact) mass is 321 g/mol. The van der Waals surface area contributed by atoms with Gasteiger partial charge in [-0.1, -0.05) is 34.1 Å². The highest BCUT2D eigenvalue weighted by atomic mass is 79.9. The van der Waals surface area contributed by atoms with Crippen molar-refractivity contribution in [2.75, 3.05) is 0 Å². The largest absolute Gasteiger partial charge is 0.480 e. The molecular formula is C14H12BrNO3. The highest BCUT2D eigenvalue weighted by Crippen LogP contribution is 2.16. The summed E-state index contributed by atoms with van der Waals surface area (Å²) in [5, 5.41) is 11.2. The van der Waals surface area contributed by atoms with Crippen molar-refractivity contribution in [3.05, 3.63) is 40.4 Å². The average Bonchev–Trinajstić information content (AvgIpc) is 2.37. The van der Waals surface area contributed by atoms with Crippen LogP contribution >= 0.6 is 15.9 Å². The number of aliphatic carboxylic acids is 1. The molecule has 0 saturated heterocycles. The van der Waals surface area contributed by atoms with Gasteiger partial charge >= 0.3 is 5.97 Å². The van der Waals surface area contributed by atoms with Crippen LogP contribution in [0, 0.1) is 12.3 Å². The van der Waals surface area contributed by atoms with Gasteiger partial charge in [0, 0.05) is 17.0 Å². The highest BCUT2D eigenvalue weighted by molar-refractivity contribution is 9.10. The number of carboxylic acids is 1. The Morgan fingerprint density at radius 2 is 2.16 bits per heavy atom. The highest BCUT2D eigenvalue weighted by Gasteiger charge is 2.17. The molecule has 0 aromatic heterocycles. The van der Waals surface area contributed by atoms with Gasteiger partial charge in [0.1, 0.15) is 6.04 Å². The summed E-state index contributed by atoms with van der Waals surface area (Å²) >= 11 is 3.34. The zero-order valence-corrected chi connectivity index (χ0v) is 11.6. The number of carboxylic acid groups (broad SMARTS) is 1. The van der Waals surface area contributed by atoms with Crippen LogP contribution in [-0.2, 0) is 9.59 Å². The first-order valence-corrected chi connectivity index (χ1v) is 6.23. The quantitative estimate of drug-likeness (QED) is 0.644. The van der Waals surface area contributed by atoms with Crippen LogP contribution < -0.4 is 5.32 Å². The number of hydrogen-bond acceptors (Lipinski definition) is 2. The molecule has 0 heterocycles. The Labute approximate surface area is 119 Å². The van der Waals surface area contributed by atoms with Crippen molar-refractivity contribution >= 4 is 33.9 Å². The van der Waals surface area contributed by atoms with Crippen LogP contribution in [-0.4, -0.2) is 23.0 Å². The van der Waals surface area contributed by atoms with E-state index in [9.17, 15) is 9.59 Å². The van der Waals surface area contributed by atoms with Gasteiger partial charge in [0.15, 0.2) is 0 Å². The van der Waals surface area contributed by atoms with Crippen LogP contribution in [0.3, 0.4) is 0 Å². The molecule has 0 aliphatic heterocycles. The molecule has 1 aromatic rings. The van der Waals surface area contributed by atoms with Crippen LogP contribution in [0.5, 0.6) is 0 Å². The molecule has 0 spiro atoms. The third-order valence-corrected chi connectivity index (χ3v) is 2.98. The number of hydrogen-bond donors (Lipinski definition) is 2. The third kappa shape index (κ3) is 4.98. The summed E-state index contributed by atoms with van der Waals surface area (Å²) in [6.45, 7) is 0. The van der Waals surface area contributed by atoms with E-state index in [4.69, 9.17) is 11.5 Å². The lowest BCUT2D eigenvalue weighted by atomic mass is 10.2. The molecule has 0 saturated carbocycles. The Morgan fingerprint density at radius 3 is 2.74 bits per heavy atom. The van der Waals surface area contributed by atoms with E-state index in [1.165, 1.54) is 6.08 Å². The molecule has 1 amide bonds. The van der Waals surface area contributed by atoms with E-state index >= 15 is 0 Å². The van der Waals surface area contributed by atoms with Crippen molar-refractivity contribution in [3.63, 3.8) is 0 Å². The first-order valence-electron chi connectivity index (χ1n) is 5.44. The van der Waals surface area contributed by atoms with E-state index in [1.54, 1.807) is 6.08 Å². The molecule has 19 heavy (non-hydrogen) atoms. The van der Waals surface area contributed by atoms with Gasteiger partial charge in [-0.2, -0.15) is 0 Å². The summed E-state index contributed by atoms with van der Waals surface area (Å²) in [6.07, 6.45) is 7.85. The third-order valence-electron chi connectivity index (χ3n) is 2.26. The molecule has 5 heteroatoms. The smallest absolute Gasteiger partial charge is 0.327 e. The van der Waals surface area contributed by atoms with Crippen molar-refractivity contribution < 1.29 is 14.7 Å². The number of rotatable bonds is 5. The van der Waals surface area contributed by atoms with Gasteiger partial charge in [-0.15, -0.1) is 12.3 Å². The van der Waals surface area contributed by atoms with Crippen molar-refractivity contribution in [2.45, 2.75) is 12.5 Å². The summed E-state index contributed by atoms with van der Waals surface area (Å²) in [5.41, 5.74) is 0.821. The molecule has 1 aromatic carbocycles.